The largest absolute Gasteiger partial charge is 0.496 e. The van der Waals surface area contributed by atoms with Gasteiger partial charge in [-0.25, -0.2) is 4.79 Å². The smallest absolute Gasteiger partial charge is 0.412 e. The molecule has 0 aliphatic carbocycles. The van der Waals surface area contributed by atoms with Gasteiger partial charge in [-0.1, -0.05) is 30.3 Å². The Labute approximate surface area is 152 Å². The summed E-state index contributed by atoms with van der Waals surface area (Å²) >= 11 is 0. The lowest BCUT2D eigenvalue weighted by molar-refractivity contribution is 0.0703. The lowest BCUT2D eigenvalue weighted by atomic mass is 10.0. The van der Waals surface area contributed by atoms with Crippen LogP contribution in [0.15, 0.2) is 54.6 Å². The van der Waals surface area contributed by atoms with Crippen molar-refractivity contribution in [2.45, 2.75) is 18.9 Å². The number of rotatable bonds is 4. The summed E-state index contributed by atoms with van der Waals surface area (Å²) in [5.74, 6) is 1.03. The van der Waals surface area contributed by atoms with Crippen LogP contribution in [0.25, 0.3) is 0 Å². The SMILES string of the molecule is COc1ccccc1C(=O)N1CCC(NC(=O)Oc2ccccc2)CC1. The van der Waals surface area contributed by atoms with Gasteiger partial charge in [0, 0.05) is 19.1 Å². The Kier molecular flexibility index (Phi) is 5.73. The molecule has 6 heteroatoms. The lowest BCUT2D eigenvalue weighted by Gasteiger charge is -2.32. The second kappa shape index (κ2) is 8.38. The molecule has 1 fully saturated rings. The summed E-state index contributed by atoms with van der Waals surface area (Å²) in [5.41, 5.74) is 0.560. The molecule has 0 bridgehead atoms. The van der Waals surface area contributed by atoms with Gasteiger partial charge in [0.05, 0.1) is 12.7 Å². The van der Waals surface area contributed by atoms with E-state index in [1.165, 1.54) is 0 Å². The molecule has 0 spiro atoms. The highest BCUT2D eigenvalue weighted by Gasteiger charge is 2.26. The maximum atomic E-state index is 12.7. The van der Waals surface area contributed by atoms with Gasteiger partial charge in [0.25, 0.3) is 5.91 Å². The number of para-hydroxylation sites is 2. The molecule has 2 aromatic carbocycles. The minimum Gasteiger partial charge on any atom is -0.496 e. The third-order valence-corrected chi connectivity index (χ3v) is 4.40. The van der Waals surface area contributed by atoms with Crippen molar-refractivity contribution >= 4 is 12.0 Å². The van der Waals surface area contributed by atoms with Crippen molar-refractivity contribution < 1.29 is 19.1 Å². The standard InChI is InChI=1S/C20H22N2O4/c1-25-18-10-6-5-9-17(18)19(23)22-13-11-15(12-14-22)21-20(24)26-16-7-3-2-4-8-16/h2-10,15H,11-14H2,1H3,(H,21,24). The monoisotopic (exact) mass is 354 g/mol. The van der Waals surface area contributed by atoms with Gasteiger partial charge in [0.2, 0.25) is 0 Å². The third kappa shape index (κ3) is 4.33. The molecule has 0 unspecified atom stereocenters. The Morgan fingerprint density at radius 1 is 1.00 bits per heavy atom. The maximum Gasteiger partial charge on any atom is 0.412 e. The van der Waals surface area contributed by atoms with Crippen LogP contribution >= 0.6 is 0 Å². The zero-order valence-corrected chi connectivity index (χ0v) is 14.7. The van der Waals surface area contributed by atoms with E-state index < -0.39 is 6.09 Å². The van der Waals surface area contributed by atoms with Crippen LogP contribution < -0.4 is 14.8 Å². The molecular formula is C20H22N2O4. The van der Waals surface area contributed by atoms with Crippen LogP contribution in [0.2, 0.25) is 0 Å². The van der Waals surface area contributed by atoms with Gasteiger partial charge in [-0.15, -0.1) is 0 Å². The first kappa shape index (κ1) is 17.8. The highest BCUT2D eigenvalue weighted by Crippen LogP contribution is 2.21. The second-order valence-electron chi connectivity index (χ2n) is 6.11. The van der Waals surface area contributed by atoms with Gasteiger partial charge >= 0.3 is 6.09 Å². The second-order valence-corrected chi connectivity index (χ2v) is 6.11. The number of amides is 2. The fourth-order valence-electron chi connectivity index (χ4n) is 3.01. The average Bonchev–Trinajstić information content (AvgIpc) is 2.68. The van der Waals surface area contributed by atoms with E-state index in [0.29, 0.717) is 43.0 Å². The number of nitrogens with one attached hydrogen (secondary N) is 1. The van der Waals surface area contributed by atoms with Crippen molar-refractivity contribution in [2.75, 3.05) is 20.2 Å². The number of hydrogen-bond donors (Lipinski definition) is 1. The fraction of sp³-hybridized carbons (Fsp3) is 0.300. The summed E-state index contributed by atoms with van der Waals surface area (Å²) in [6.07, 6.45) is 0.904. The number of methoxy groups -OCH3 is 1. The van der Waals surface area contributed by atoms with Crippen molar-refractivity contribution in [3.05, 3.63) is 60.2 Å². The number of hydrogen-bond acceptors (Lipinski definition) is 4. The van der Waals surface area contributed by atoms with Crippen molar-refractivity contribution in [3.63, 3.8) is 0 Å². The fourth-order valence-corrected chi connectivity index (χ4v) is 3.01. The first-order chi connectivity index (χ1) is 12.7. The van der Waals surface area contributed by atoms with Crippen molar-refractivity contribution in [2.24, 2.45) is 0 Å². The van der Waals surface area contributed by atoms with Crippen LogP contribution in [0.5, 0.6) is 11.5 Å². The molecule has 2 aromatic rings. The Balaban J connectivity index is 1.51. The van der Waals surface area contributed by atoms with E-state index in [1.807, 2.05) is 30.3 Å². The molecule has 0 aromatic heterocycles. The molecule has 6 nitrogen and oxygen atoms in total. The molecule has 1 heterocycles. The molecule has 1 aliphatic rings. The van der Waals surface area contributed by atoms with Crippen LogP contribution in [-0.2, 0) is 0 Å². The molecule has 1 saturated heterocycles. The Morgan fingerprint density at radius 2 is 1.65 bits per heavy atom. The van der Waals surface area contributed by atoms with Crippen molar-refractivity contribution in [1.29, 1.82) is 0 Å². The van der Waals surface area contributed by atoms with Gasteiger partial charge in [0.1, 0.15) is 11.5 Å². The normalized spacial score (nSPS) is 14.6. The van der Waals surface area contributed by atoms with Gasteiger partial charge < -0.3 is 19.7 Å². The lowest BCUT2D eigenvalue weighted by Crippen LogP contribution is -2.47. The molecule has 0 radical (unpaired) electrons. The first-order valence-corrected chi connectivity index (χ1v) is 8.63. The summed E-state index contributed by atoms with van der Waals surface area (Å²) in [6, 6.07) is 16.1. The highest BCUT2D eigenvalue weighted by molar-refractivity contribution is 5.97. The Bertz CT molecular complexity index is 755. The predicted octanol–water partition coefficient (Wildman–Crippen LogP) is 3.09. The van der Waals surface area contributed by atoms with E-state index in [2.05, 4.69) is 5.32 Å². The number of likely N-dealkylation sites (tertiary alicyclic amines) is 1. The van der Waals surface area contributed by atoms with Gasteiger partial charge in [-0.05, 0) is 37.1 Å². The van der Waals surface area contributed by atoms with Gasteiger partial charge in [-0.2, -0.15) is 0 Å². The van der Waals surface area contributed by atoms with E-state index in [0.717, 1.165) is 0 Å². The summed E-state index contributed by atoms with van der Waals surface area (Å²) in [6.45, 7) is 1.15. The van der Waals surface area contributed by atoms with Crippen molar-refractivity contribution in [3.8, 4) is 11.5 Å². The molecule has 136 valence electrons. The Hall–Kier alpha value is -3.02. The van der Waals surface area contributed by atoms with Crippen molar-refractivity contribution in [1.82, 2.24) is 10.2 Å². The molecule has 1 aliphatic heterocycles. The van der Waals surface area contributed by atoms with E-state index in [9.17, 15) is 9.59 Å². The molecule has 3 rings (SSSR count). The molecule has 1 N–H and O–H groups in total. The quantitative estimate of drug-likeness (QED) is 0.916. The van der Waals surface area contributed by atoms with Gasteiger partial charge in [-0.3, -0.25) is 4.79 Å². The zero-order chi connectivity index (χ0) is 18.4. The number of carbonyl (C=O) groups excluding carboxylic acids is 2. The van der Waals surface area contributed by atoms with Crippen LogP contribution in [0.4, 0.5) is 4.79 Å². The number of nitrogens with zero attached hydrogens (tertiary/aromatic N) is 1. The topological polar surface area (TPSA) is 67.9 Å². The summed E-state index contributed by atoms with van der Waals surface area (Å²) < 4.78 is 10.5. The van der Waals surface area contributed by atoms with E-state index in [4.69, 9.17) is 9.47 Å². The minimum atomic E-state index is -0.467. The molecule has 0 saturated carbocycles. The average molecular weight is 354 g/mol. The maximum absolute atomic E-state index is 12.7. The number of ether oxygens (including phenoxy) is 2. The summed E-state index contributed by atoms with van der Waals surface area (Å²) in [5, 5.41) is 2.87. The van der Waals surface area contributed by atoms with Crippen LogP contribution in [0, 0.1) is 0 Å². The van der Waals surface area contributed by atoms with Crippen LogP contribution in [0.1, 0.15) is 23.2 Å². The van der Waals surface area contributed by atoms with E-state index >= 15 is 0 Å². The third-order valence-electron chi connectivity index (χ3n) is 4.40. The Morgan fingerprint density at radius 3 is 2.35 bits per heavy atom. The predicted molar refractivity (Wildman–Crippen MR) is 97.5 cm³/mol. The summed E-state index contributed by atoms with van der Waals surface area (Å²) in [7, 11) is 1.56. The number of piperidine rings is 1. The van der Waals surface area contributed by atoms with E-state index in [1.54, 1.807) is 36.3 Å². The number of benzene rings is 2. The first-order valence-electron chi connectivity index (χ1n) is 8.63. The zero-order valence-electron chi connectivity index (χ0n) is 14.7. The molecule has 0 atom stereocenters. The highest BCUT2D eigenvalue weighted by atomic mass is 16.6. The number of carbonyl (C=O) groups is 2. The minimum absolute atomic E-state index is 0.00655. The van der Waals surface area contributed by atoms with Crippen LogP contribution in [-0.4, -0.2) is 43.1 Å². The molecule has 2 amide bonds. The van der Waals surface area contributed by atoms with E-state index in [-0.39, 0.29) is 11.9 Å². The molecular weight excluding hydrogens is 332 g/mol. The summed E-state index contributed by atoms with van der Waals surface area (Å²) in [4.78, 5) is 26.4. The molecule has 26 heavy (non-hydrogen) atoms. The van der Waals surface area contributed by atoms with Gasteiger partial charge in [0.15, 0.2) is 0 Å². The van der Waals surface area contributed by atoms with Crippen LogP contribution in [0.3, 0.4) is 0 Å².